The Morgan fingerprint density at radius 2 is 2.10 bits per heavy atom. The molecule has 0 aliphatic heterocycles. The van der Waals surface area contributed by atoms with Gasteiger partial charge in [0.15, 0.2) is 16.0 Å². The number of nitrogens with zero attached hydrogens (tertiary/aromatic N) is 2. The number of amides is 1. The topological polar surface area (TPSA) is 116 Å². The molecule has 150 valence electrons. The third kappa shape index (κ3) is 4.76. The van der Waals surface area contributed by atoms with E-state index in [1.54, 1.807) is 0 Å². The molecule has 3 rings (SSSR count). The van der Waals surface area contributed by atoms with Crippen molar-refractivity contribution in [3.05, 3.63) is 52.1 Å². The molecule has 11 heteroatoms. The van der Waals surface area contributed by atoms with E-state index in [0.29, 0.717) is 11.7 Å². The van der Waals surface area contributed by atoms with E-state index in [4.69, 9.17) is 21.7 Å². The van der Waals surface area contributed by atoms with Gasteiger partial charge >= 0.3 is 5.69 Å². The van der Waals surface area contributed by atoms with Crippen LogP contribution in [0.2, 0.25) is 0 Å². The molecule has 1 amide bonds. The fourth-order valence-electron chi connectivity index (χ4n) is 2.49. The van der Waals surface area contributed by atoms with E-state index in [-0.39, 0.29) is 22.1 Å². The number of nitro groups is 1. The summed E-state index contributed by atoms with van der Waals surface area (Å²) in [5.41, 5.74) is 0.531. The summed E-state index contributed by atoms with van der Waals surface area (Å²) in [7, 11) is 1.32. The van der Waals surface area contributed by atoms with Crippen LogP contribution in [-0.4, -0.2) is 34.6 Å². The van der Waals surface area contributed by atoms with E-state index in [0.717, 1.165) is 22.0 Å². The van der Waals surface area contributed by atoms with Gasteiger partial charge in [-0.1, -0.05) is 11.3 Å². The van der Waals surface area contributed by atoms with E-state index in [1.807, 2.05) is 25.1 Å². The normalized spacial score (nSPS) is 10.4. The van der Waals surface area contributed by atoms with Gasteiger partial charge in [0.05, 0.1) is 28.9 Å². The minimum absolute atomic E-state index is 0.0255. The second-order valence-electron chi connectivity index (χ2n) is 5.63. The van der Waals surface area contributed by atoms with Gasteiger partial charge in [-0.3, -0.25) is 20.2 Å². The SMILES string of the molecule is CCOc1ccc2nc(NC(=S)NC(=O)c3ccc(OC)c([N+](=O)[O-])c3)sc2c1. The number of fused-ring (bicyclic) bond motifs is 1. The number of carbonyl (C=O) groups is 1. The highest BCUT2D eigenvalue weighted by molar-refractivity contribution is 7.80. The molecule has 2 N–H and O–H groups in total. The second kappa shape index (κ2) is 8.80. The lowest BCUT2D eigenvalue weighted by Crippen LogP contribution is -2.34. The highest BCUT2D eigenvalue weighted by Crippen LogP contribution is 2.29. The minimum Gasteiger partial charge on any atom is -0.494 e. The second-order valence-corrected chi connectivity index (χ2v) is 7.07. The highest BCUT2D eigenvalue weighted by Gasteiger charge is 2.19. The van der Waals surface area contributed by atoms with Crippen LogP contribution in [0.15, 0.2) is 36.4 Å². The molecule has 29 heavy (non-hydrogen) atoms. The molecular formula is C18H16N4O5S2. The number of thiocarbonyl (C=S) groups is 1. The van der Waals surface area contributed by atoms with Crippen LogP contribution in [0.4, 0.5) is 10.8 Å². The van der Waals surface area contributed by atoms with Crippen LogP contribution < -0.4 is 20.1 Å². The zero-order valence-electron chi connectivity index (χ0n) is 15.4. The number of aromatic nitrogens is 1. The average molecular weight is 432 g/mol. The summed E-state index contributed by atoms with van der Waals surface area (Å²) in [6.07, 6.45) is 0. The van der Waals surface area contributed by atoms with Gasteiger partial charge in [0, 0.05) is 11.6 Å². The van der Waals surface area contributed by atoms with Gasteiger partial charge in [0.1, 0.15) is 5.75 Å². The quantitative estimate of drug-likeness (QED) is 0.344. The van der Waals surface area contributed by atoms with Gasteiger partial charge in [-0.05, 0) is 49.5 Å². The Balaban J connectivity index is 1.70. The molecule has 0 fully saturated rings. The van der Waals surface area contributed by atoms with Gasteiger partial charge in [-0.2, -0.15) is 0 Å². The third-order valence-corrected chi connectivity index (χ3v) is 4.89. The van der Waals surface area contributed by atoms with Crippen molar-refractivity contribution in [2.45, 2.75) is 6.92 Å². The Kier molecular flexibility index (Phi) is 6.20. The number of hydrogen-bond acceptors (Lipinski definition) is 8. The van der Waals surface area contributed by atoms with Gasteiger partial charge in [-0.25, -0.2) is 4.98 Å². The highest BCUT2D eigenvalue weighted by atomic mass is 32.1. The number of hydrogen-bond donors (Lipinski definition) is 2. The average Bonchev–Trinajstić information content (AvgIpc) is 3.08. The van der Waals surface area contributed by atoms with Crippen molar-refractivity contribution in [3.8, 4) is 11.5 Å². The molecule has 0 aliphatic carbocycles. The summed E-state index contributed by atoms with van der Waals surface area (Å²) in [6.45, 7) is 2.47. The van der Waals surface area contributed by atoms with Crippen LogP contribution in [-0.2, 0) is 0 Å². The van der Waals surface area contributed by atoms with Crippen molar-refractivity contribution >= 4 is 55.6 Å². The summed E-state index contributed by atoms with van der Waals surface area (Å²) in [6, 6.07) is 9.43. The summed E-state index contributed by atoms with van der Waals surface area (Å²) in [5, 5.41) is 17.0. The Bertz CT molecular complexity index is 1100. The predicted molar refractivity (Wildman–Crippen MR) is 114 cm³/mol. The van der Waals surface area contributed by atoms with E-state index in [9.17, 15) is 14.9 Å². The molecule has 0 saturated heterocycles. The summed E-state index contributed by atoms with van der Waals surface area (Å²) in [4.78, 5) is 27.3. The van der Waals surface area contributed by atoms with E-state index in [2.05, 4.69) is 15.6 Å². The van der Waals surface area contributed by atoms with Crippen molar-refractivity contribution in [1.29, 1.82) is 0 Å². The molecule has 0 spiro atoms. The van der Waals surface area contributed by atoms with Crippen LogP contribution in [0.3, 0.4) is 0 Å². The summed E-state index contributed by atoms with van der Waals surface area (Å²) in [5.74, 6) is 0.216. The Morgan fingerprint density at radius 1 is 1.31 bits per heavy atom. The van der Waals surface area contributed by atoms with Crippen molar-refractivity contribution < 1.29 is 19.2 Å². The zero-order valence-corrected chi connectivity index (χ0v) is 17.1. The first-order valence-electron chi connectivity index (χ1n) is 8.39. The lowest BCUT2D eigenvalue weighted by atomic mass is 10.2. The Hall–Kier alpha value is -3.31. The first-order valence-corrected chi connectivity index (χ1v) is 9.62. The number of nitro benzene ring substituents is 1. The molecule has 0 saturated carbocycles. The third-order valence-electron chi connectivity index (χ3n) is 3.76. The maximum Gasteiger partial charge on any atom is 0.311 e. The minimum atomic E-state index is -0.621. The molecule has 1 heterocycles. The molecule has 0 radical (unpaired) electrons. The van der Waals surface area contributed by atoms with Crippen LogP contribution in [0, 0.1) is 10.1 Å². The number of ether oxygens (including phenoxy) is 2. The Morgan fingerprint density at radius 3 is 2.79 bits per heavy atom. The van der Waals surface area contributed by atoms with Crippen molar-refractivity contribution in [2.24, 2.45) is 0 Å². The number of carbonyl (C=O) groups excluding carboxylic acids is 1. The first kappa shape index (κ1) is 20.4. The number of anilines is 1. The number of thiazole rings is 1. The van der Waals surface area contributed by atoms with E-state index in [1.165, 1.54) is 30.6 Å². The molecule has 0 bridgehead atoms. The first-order chi connectivity index (χ1) is 13.9. The van der Waals surface area contributed by atoms with E-state index >= 15 is 0 Å². The lowest BCUT2D eigenvalue weighted by Gasteiger charge is -2.08. The van der Waals surface area contributed by atoms with Crippen LogP contribution in [0.25, 0.3) is 10.2 Å². The standard InChI is InChI=1S/C18H16N4O5S2/c1-3-27-11-5-6-12-15(9-11)29-18(19-12)21-17(28)20-16(23)10-4-7-14(26-2)13(8-10)22(24)25/h4-9H,3H2,1-2H3,(H2,19,20,21,23,28). The number of rotatable bonds is 6. The smallest absolute Gasteiger partial charge is 0.311 e. The molecule has 1 aromatic heterocycles. The van der Waals surface area contributed by atoms with Gasteiger partial charge in [0.25, 0.3) is 5.91 Å². The van der Waals surface area contributed by atoms with Crippen LogP contribution >= 0.6 is 23.6 Å². The van der Waals surface area contributed by atoms with Crippen molar-refractivity contribution in [2.75, 3.05) is 19.0 Å². The molecule has 2 aromatic carbocycles. The Labute approximate surface area is 174 Å². The maximum atomic E-state index is 12.4. The molecule has 0 atom stereocenters. The monoisotopic (exact) mass is 432 g/mol. The van der Waals surface area contributed by atoms with Crippen LogP contribution in [0.1, 0.15) is 17.3 Å². The van der Waals surface area contributed by atoms with E-state index < -0.39 is 10.8 Å². The number of benzene rings is 2. The molecule has 0 aliphatic rings. The number of nitrogens with one attached hydrogen (secondary N) is 2. The summed E-state index contributed by atoms with van der Waals surface area (Å²) >= 11 is 6.51. The molecule has 3 aromatic rings. The number of methoxy groups -OCH3 is 1. The van der Waals surface area contributed by atoms with Crippen LogP contribution in [0.5, 0.6) is 11.5 Å². The van der Waals surface area contributed by atoms with Gasteiger partial charge < -0.3 is 14.8 Å². The fraction of sp³-hybridized carbons (Fsp3) is 0.167. The van der Waals surface area contributed by atoms with Crippen molar-refractivity contribution in [3.63, 3.8) is 0 Å². The predicted octanol–water partition coefficient (Wildman–Crippen LogP) is 3.74. The van der Waals surface area contributed by atoms with Gasteiger partial charge in [0.2, 0.25) is 0 Å². The fourth-order valence-corrected chi connectivity index (χ4v) is 3.65. The van der Waals surface area contributed by atoms with Gasteiger partial charge in [-0.15, -0.1) is 0 Å². The summed E-state index contributed by atoms with van der Waals surface area (Å²) < 4.78 is 11.3. The largest absolute Gasteiger partial charge is 0.494 e. The lowest BCUT2D eigenvalue weighted by molar-refractivity contribution is -0.385. The maximum absolute atomic E-state index is 12.4. The molecule has 9 nitrogen and oxygen atoms in total. The molecule has 0 unspecified atom stereocenters. The molecular weight excluding hydrogens is 416 g/mol. The zero-order chi connectivity index (χ0) is 21.0. The van der Waals surface area contributed by atoms with Crippen molar-refractivity contribution in [1.82, 2.24) is 10.3 Å².